The van der Waals surface area contributed by atoms with Crippen LogP contribution in [0.5, 0.6) is 0 Å². The van der Waals surface area contributed by atoms with E-state index in [1.165, 1.54) is 56.2 Å². The third-order valence-corrected chi connectivity index (χ3v) is 7.89. The molecule has 4 aromatic rings. The molecule has 2 N–H and O–H groups in total. The number of piperidine rings is 1. The summed E-state index contributed by atoms with van der Waals surface area (Å²) < 4.78 is 27.2. The largest absolute Gasteiger partial charge is 0.373 e. The first-order valence-electron chi connectivity index (χ1n) is 12.8. The summed E-state index contributed by atoms with van der Waals surface area (Å²) in [6.07, 6.45) is 3.90. The van der Waals surface area contributed by atoms with E-state index in [4.69, 9.17) is 0 Å². The molecular formula is C29H31F2N5OS. The second-order valence-corrected chi connectivity index (χ2v) is 10.9. The molecule has 0 unspecified atom stereocenters. The van der Waals surface area contributed by atoms with E-state index in [9.17, 15) is 13.6 Å². The number of fused-ring (bicyclic) bond motifs is 1. The molecule has 0 bridgehead atoms. The minimum absolute atomic E-state index is 0.247. The van der Waals surface area contributed by atoms with Crippen molar-refractivity contribution in [2.75, 3.05) is 43.4 Å². The van der Waals surface area contributed by atoms with Gasteiger partial charge in [-0.15, -0.1) is 0 Å². The van der Waals surface area contributed by atoms with Crippen LogP contribution in [0.2, 0.25) is 0 Å². The number of carbonyl (C=O) groups excluding carboxylic acids is 1. The zero-order chi connectivity index (χ0) is 26.6. The van der Waals surface area contributed by atoms with Gasteiger partial charge >= 0.3 is 0 Å². The van der Waals surface area contributed by atoms with Gasteiger partial charge in [-0.1, -0.05) is 18.2 Å². The van der Waals surface area contributed by atoms with Gasteiger partial charge in [0.1, 0.15) is 11.6 Å². The number of nitrogens with zero attached hydrogens (tertiary/aromatic N) is 3. The summed E-state index contributed by atoms with van der Waals surface area (Å²) in [7, 11) is 2.09. The highest BCUT2D eigenvalue weighted by atomic mass is 32.2. The fourth-order valence-corrected chi connectivity index (χ4v) is 5.72. The summed E-state index contributed by atoms with van der Waals surface area (Å²) in [4.78, 5) is 19.1. The highest BCUT2D eigenvalue weighted by Crippen LogP contribution is 2.33. The summed E-state index contributed by atoms with van der Waals surface area (Å²) >= 11 is 1.24. The quantitative estimate of drug-likeness (QED) is 0.271. The number of H-pyrrole nitrogens is 1. The summed E-state index contributed by atoms with van der Waals surface area (Å²) in [5, 5.41) is 10.8. The molecule has 0 atom stereocenters. The average molecular weight is 536 g/mol. The van der Waals surface area contributed by atoms with Crippen LogP contribution in [0, 0.1) is 18.6 Å². The smallest absolute Gasteiger partial charge is 0.257 e. The van der Waals surface area contributed by atoms with Gasteiger partial charge in [0, 0.05) is 52.6 Å². The minimum atomic E-state index is -0.626. The van der Waals surface area contributed by atoms with Crippen LogP contribution < -0.4 is 10.2 Å². The maximum Gasteiger partial charge on any atom is 0.257 e. The molecule has 1 aliphatic heterocycles. The van der Waals surface area contributed by atoms with Crippen molar-refractivity contribution in [3.8, 4) is 0 Å². The number of carbonyl (C=O) groups is 1. The number of likely N-dealkylation sites (N-methyl/N-ethyl adjacent to an activating group) is 1. The predicted octanol–water partition coefficient (Wildman–Crippen LogP) is 6.48. The van der Waals surface area contributed by atoms with Crippen LogP contribution in [0.25, 0.3) is 10.9 Å². The van der Waals surface area contributed by atoms with Gasteiger partial charge in [-0.3, -0.25) is 9.89 Å². The molecule has 1 fully saturated rings. The highest BCUT2D eigenvalue weighted by Gasteiger charge is 2.16. The zero-order valence-corrected chi connectivity index (χ0v) is 22.4. The molecule has 38 heavy (non-hydrogen) atoms. The number of amides is 1. The van der Waals surface area contributed by atoms with Gasteiger partial charge in [-0.2, -0.15) is 5.10 Å². The highest BCUT2D eigenvalue weighted by molar-refractivity contribution is 7.99. The molecule has 1 amide bonds. The number of aryl methyl sites for hydroxylation is 1. The van der Waals surface area contributed by atoms with Crippen LogP contribution >= 0.6 is 11.8 Å². The minimum Gasteiger partial charge on any atom is -0.373 e. The van der Waals surface area contributed by atoms with Gasteiger partial charge in [0.05, 0.1) is 5.52 Å². The molecule has 0 aliphatic carbocycles. The molecule has 1 aromatic heterocycles. The van der Waals surface area contributed by atoms with Gasteiger partial charge in [0.15, 0.2) is 5.82 Å². The van der Waals surface area contributed by atoms with Crippen LogP contribution in [-0.2, 0) is 0 Å². The number of nitrogens with one attached hydrogen (secondary N) is 2. The van der Waals surface area contributed by atoms with E-state index in [-0.39, 0.29) is 5.91 Å². The van der Waals surface area contributed by atoms with Crippen molar-refractivity contribution in [3.05, 3.63) is 77.4 Å². The number of halogens is 2. The number of likely N-dealkylation sites (tertiary alicyclic amines) is 1. The lowest BCUT2D eigenvalue weighted by Gasteiger charge is -2.29. The topological polar surface area (TPSA) is 64.3 Å². The Morgan fingerprint density at radius 1 is 1.03 bits per heavy atom. The number of rotatable bonds is 8. The normalized spacial score (nSPS) is 14.1. The fraction of sp³-hybridized carbons (Fsp3) is 0.310. The van der Waals surface area contributed by atoms with Crippen LogP contribution in [0.1, 0.15) is 35.2 Å². The van der Waals surface area contributed by atoms with Gasteiger partial charge in [-0.25, -0.2) is 8.78 Å². The molecule has 198 valence electrons. The number of aromatic nitrogens is 2. The summed E-state index contributed by atoms with van der Waals surface area (Å²) in [5.74, 6) is -1.09. The van der Waals surface area contributed by atoms with Crippen LogP contribution in [-0.4, -0.2) is 54.2 Å². The molecule has 1 saturated heterocycles. The first-order chi connectivity index (χ1) is 18.4. The molecular weight excluding hydrogens is 504 g/mol. The Bertz CT molecular complexity index is 1430. The Morgan fingerprint density at radius 2 is 1.79 bits per heavy atom. The van der Waals surface area contributed by atoms with Crippen LogP contribution in [0.4, 0.5) is 20.3 Å². The Hall–Kier alpha value is -3.43. The second-order valence-electron chi connectivity index (χ2n) is 9.76. The maximum absolute atomic E-state index is 13.6. The van der Waals surface area contributed by atoms with E-state index in [2.05, 4.69) is 32.4 Å². The number of benzene rings is 3. The first kappa shape index (κ1) is 26.2. The predicted molar refractivity (Wildman–Crippen MR) is 149 cm³/mol. The maximum atomic E-state index is 13.6. The molecule has 1 aliphatic rings. The van der Waals surface area contributed by atoms with Crippen LogP contribution in [0.3, 0.4) is 0 Å². The van der Waals surface area contributed by atoms with E-state index >= 15 is 0 Å². The number of hydrogen-bond donors (Lipinski definition) is 2. The Balaban J connectivity index is 1.27. The third kappa shape index (κ3) is 6.16. The standard InChI is InChI=1S/C29H31F2N5OS/c1-19-14-22(35(2)12-13-36-10-4-3-5-11-36)6-8-25(19)29(37)32-28-26-18-23(7-9-27(26)33-34-28)38-24-16-20(30)15-21(31)17-24/h6-9,14-18H,3-5,10-13H2,1-2H3,(H2,32,33,34,37). The summed E-state index contributed by atoms with van der Waals surface area (Å²) in [5.41, 5.74) is 3.29. The van der Waals surface area contributed by atoms with Crippen molar-refractivity contribution >= 4 is 40.1 Å². The molecule has 9 heteroatoms. The lowest BCUT2D eigenvalue weighted by molar-refractivity contribution is 0.102. The van der Waals surface area contributed by atoms with Crippen molar-refractivity contribution in [2.24, 2.45) is 0 Å². The molecule has 0 spiro atoms. The van der Waals surface area contributed by atoms with Gasteiger partial charge in [0.2, 0.25) is 0 Å². The van der Waals surface area contributed by atoms with E-state index in [0.29, 0.717) is 21.7 Å². The molecule has 3 aromatic carbocycles. The monoisotopic (exact) mass is 535 g/mol. The lowest BCUT2D eigenvalue weighted by atomic mass is 10.1. The summed E-state index contributed by atoms with van der Waals surface area (Å²) in [6, 6.07) is 14.8. The Labute approximate surface area is 225 Å². The Kier molecular flexibility index (Phi) is 7.95. The van der Waals surface area contributed by atoms with E-state index in [0.717, 1.165) is 40.8 Å². The average Bonchev–Trinajstić information content (AvgIpc) is 3.29. The summed E-state index contributed by atoms with van der Waals surface area (Å²) in [6.45, 7) is 6.27. The van der Waals surface area contributed by atoms with E-state index in [1.54, 1.807) is 0 Å². The molecule has 2 heterocycles. The number of aromatic amines is 1. The van der Waals surface area contributed by atoms with Gasteiger partial charge < -0.3 is 15.1 Å². The molecule has 0 radical (unpaired) electrons. The number of hydrogen-bond acceptors (Lipinski definition) is 5. The van der Waals surface area contributed by atoms with Crippen molar-refractivity contribution in [2.45, 2.75) is 36.0 Å². The van der Waals surface area contributed by atoms with E-state index < -0.39 is 11.6 Å². The fourth-order valence-electron chi connectivity index (χ4n) is 4.79. The first-order valence-corrected chi connectivity index (χ1v) is 13.6. The van der Waals surface area contributed by atoms with E-state index in [1.807, 2.05) is 43.3 Å². The van der Waals surface area contributed by atoms with Gasteiger partial charge in [0.25, 0.3) is 5.91 Å². The van der Waals surface area contributed by atoms with Crippen LogP contribution in [0.15, 0.2) is 64.4 Å². The zero-order valence-electron chi connectivity index (χ0n) is 21.6. The van der Waals surface area contributed by atoms with Crippen molar-refractivity contribution in [1.82, 2.24) is 15.1 Å². The molecule has 0 saturated carbocycles. The molecule has 6 nitrogen and oxygen atoms in total. The van der Waals surface area contributed by atoms with Crippen molar-refractivity contribution < 1.29 is 13.6 Å². The lowest BCUT2D eigenvalue weighted by Crippen LogP contribution is -2.36. The second kappa shape index (κ2) is 11.5. The van der Waals surface area contributed by atoms with Crippen molar-refractivity contribution in [1.29, 1.82) is 0 Å². The number of anilines is 2. The van der Waals surface area contributed by atoms with Gasteiger partial charge in [-0.05, 0) is 86.9 Å². The SMILES string of the molecule is Cc1cc(N(C)CCN2CCCCC2)ccc1C(=O)Nc1n[nH]c2ccc(Sc3cc(F)cc(F)c3)cc12. The Morgan fingerprint density at radius 3 is 2.53 bits per heavy atom. The molecule has 5 rings (SSSR count). The third-order valence-electron chi connectivity index (χ3n) is 6.93. The van der Waals surface area contributed by atoms with Crippen molar-refractivity contribution in [3.63, 3.8) is 0 Å².